The molecule has 0 saturated heterocycles. The van der Waals surface area contributed by atoms with Gasteiger partial charge in [-0.25, -0.2) is 4.68 Å². The number of carbonyl (C=O) groups is 2. The highest BCUT2D eigenvalue weighted by Crippen LogP contribution is 2.20. The van der Waals surface area contributed by atoms with Crippen molar-refractivity contribution in [3.05, 3.63) is 62.5 Å². The molecule has 26 heavy (non-hydrogen) atoms. The molecule has 2 rings (SSSR count). The summed E-state index contributed by atoms with van der Waals surface area (Å²) in [6, 6.07) is 9.38. The van der Waals surface area contributed by atoms with E-state index < -0.39 is 17.9 Å². The van der Waals surface area contributed by atoms with Crippen LogP contribution in [0, 0.1) is 0 Å². The smallest absolute Gasteiger partial charge is 0.307 e. The van der Waals surface area contributed by atoms with Crippen molar-refractivity contribution in [1.82, 2.24) is 15.1 Å². The van der Waals surface area contributed by atoms with Gasteiger partial charge < -0.3 is 10.1 Å². The standard InChI is InChI=1S/C18H20BrN3O4/c1-3-10-22-16(23)9-8-14(21-22)18(25)20-15(11-17(24)26-2)12-4-6-13(19)7-5-12/h4-9,15H,3,10-11H2,1-2H3,(H,20,25). The topological polar surface area (TPSA) is 90.3 Å². The summed E-state index contributed by atoms with van der Waals surface area (Å²) in [5.41, 5.74) is 0.612. The molecule has 0 aliphatic heterocycles. The van der Waals surface area contributed by atoms with E-state index in [1.807, 2.05) is 31.2 Å². The number of carbonyl (C=O) groups excluding carboxylic acids is 2. The minimum absolute atomic E-state index is 0.0154. The molecule has 0 aliphatic carbocycles. The van der Waals surface area contributed by atoms with Crippen LogP contribution in [0.5, 0.6) is 0 Å². The van der Waals surface area contributed by atoms with Crippen LogP contribution in [0.3, 0.4) is 0 Å². The Morgan fingerprint density at radius 1 is 1.23 bits per heavy atom. The van der Waals surface area contributed by atoms with Gasteiger partial charge in [-0.05, 0) is 30.2 Å². The molecule has 7 nitrogen and oxygen atoms in total. The number of hydrogen-bond donors (Lipinski definition) is 1. The number of amides is 1. The summed E-state index contributed by atoms with van der Waals surface area (Å²) >= 11 is 3.35. The van der Waals surface area contributed by atoms with E-state index in [1.165, 1.54) is 23.9 Å². The summed E-state index contributed by atoms with van der Waals surface area (Å²) in [6.07, 6.45) is 0.709. The molecule has 0 radical (unpaired) electrons. The number of aromatic nitrogens is 2. The Labute approximate surface area is 159 Å². The molecular weight excluding hydrogens is 402 g/mol. The Hall–Kier alpha value is -2.48. The van der Waals surface area contributed by atoms with Crippen molar-refractivity contribution in [3.63, 3.8) is 0 Å². The number of aryl methyl sites for hydroxylation is 1. The van der Waals surface area contributed by atoms with Crippen LogP contribution < -0.4 is 10.9 Å². The van der Waals surface area contributed by atoms with E-state index in [-0.39, 0.29) is 17.7 Å². The van der Waals surface area contributed by atoms with Crippen molar-refractivity contribution in [2.24, 2.45) is 0 Å². The Morgan fingerprint density at radius 3 is 2.54 bits per heavy atom. The predicted octanol–water partition coefficient (Wildman–Crippen LogP) is 2.45. The number of halogens is 1. The summed E-state index contributed by atoms with van der Waals surface area (Å²) < 4.78 is 6.86. The molecule has 1 N–H and O–H groups in total. The fourth-order valence-corrected chi connectivity index (χ4v) is 2.64. The van der Waals surface area contributed by atoms with Crippen LogP contribution in [0.25, 0.3) is 0 Å². The highest BCUT2D eigenvalue weighted by Gasteiger charge is 2.21. The van der Waals surface area contributed by atoms with Crippen LogP contribution in [0.2, 0.25) is 0 Å². The summed E-state index contributed by atoms with van der Waals surface area (Å²) in [7, 11) is 1.30. The van der Waals surface area contributed by atoms with Gasteiger partial charge in [0.1, 0.15) is 5.69 Å². The molecule has 1 aromatic carbocycles. The molecule has 1 atom stereocenters. The first-order valence-electron chi connectivity index (χ1n) is 8.16. The van der Waals surface area contributed by atoms with Gasteiger partial charge in [0.2, 0.25) is 0 Å². The van der Waals surface area contributed by atoms with Gasteiger partial charge in [0.25, 0.3) is 11.5 Å². The Morgan fingerprint density at radius 2 is 1.92 bits per heavy atom. The quantitative estimate of drug-likeness (QED) is 0.693. The SMILES string of the molecule is CCCn1nc(C(=O)NC(CC(=O)OC)c2ccc(Br)cc2)ccc1=O. The number of nitrogens with zero attached hydrogens (tertiary/aromatic N) is 2. The Bertz CT molecular complexity index is 833. The minimum atomic E-state index is -0.573. The van der Waals surface area contributed by atoms with Crippen LogP contribution in [-0.2, 0) is 16.1 Å². The highest BCUT2D eigenvalue weighted by molar-refractivity contribution is 9.10. The minimum Gasteiger partial charge on any atom is -0.469 e. The number of esters is 1. The van der Waals surface area contributed by atoms with E-state index in [9.17, 15) is 14.4 Å². The summed E-state index contributed by atoms with van der Waals surface area (Å²) in [5.74, 6) is -0.909. The zero-order valence-electron chi connectivity index (χ0n) is 14.6. The van der Waals surface area contributed by atoms with E-state index in [4.69, 9.17) is 4.74 Å². The normalized spacial score (nSPS) is 11.7. The lowest BCUT2D eigenvalue weighted by molar-refractivity contribution is -0.141. The molecule has 138 valence electrons. The van der Waals surface area contributed by atoms with Crippen molar-refractivity contribution in [2.75, 3.05) is 7.11 Å². The highest BCUT2D eigenvalue weighted by atomic mass is 79.9. The van der Waals surface area contributed by atoms with E-state index in [2.05, 4.69) is 26.3 Å². The Kier molecular flexibility index (Phi) is 7.08. The first-order valence-corrected chi connectivity index (χ1v) is 8.95. The first kappa shape index (κ1) is 19.8. The predicted molar refractivity (Wildman–Crippen MR) is 99.8 cm³/mol. The molecule has 0 aliphatic rings. The van der Waals surface area contributed by atoms with Crippen LogP contribution in [0.4, 0.5) is 0 Å². The monoisotopic (exact) mass is 421 g/mol. The summed E-state index contributed by atoms with van der Waals surface area (Å²) in [6.45, 7) is 2.35. The van der Waals surface area contributed by atoms with E-state index in [0.717, 1.165) is 16.5 Å². The molecular formula is C18H20BrN3O4. The third-order valence-corrected chi connectivity index (χ3v) is 4.24. The van der Waals surface area contributed by atoms with Gasteiger partial charge in [-0.3, -0.25) is 14.4 Å². The van der Waals surface area contributed by atoms with Crippen molar-refractivity contribution in [1.29, 1.82) is 0 Å². The maximum Gasteiger partial charge on any atom is 0.307 e. The lowest BCUT2D eigenvalue weighted by Crippen LogP contribution is -2.33. The zero-order valence-corrected chi connectivity index (χ0v) is 16.2. The maximum atomic E-state index is 12.6. The fraction of sp³-hybridized carbons (Fsp3) is 0.333. The molecule has 0 fully saturated rings. The average Bonchev–Trinajstić information content (AvgIpc) is 2.63. The number of benzene rings is 1. The van der Waals surface area contributed by atoms with E-state index in [1.54, 1.807) is 0 Å². The van der Waals surface area contributed by atoms with Crippen molar-refractivity contribution >= 4 is 27.8 Å². The molecule has 0 spiro atoms. The maximum absolute atomic E-state index is 12.6. The van der Waals surface area contributed by atoms with Crippen LogP contribution in [0.15, 0.2) is 45.7 Å². The second-order valence-electron chi connectivity index (χ2n) is 5.64. The van der Waals surface area contributed by atoms with Gasteiger partial charge in [-0.1, -0.05) is 35.0 Å². The van der Waals surface area contributed by atoms with Crippen LogP contribution in [0.1, 0.15) is 41.9 Å². The van der Waals surface area contributed by atoms with Gasteiger partial charge in [-0.2, -0.15) is 5.10 Å². The Balaban J connectivity index is 2.25. The van der Waals surface area contributed by atoms with Gasteiger partial charge in [0, 0.05) is 17.1 Å². The molecule has 1 amide bonds. The second-order valence-corrected chi connectivity index (χ2v) is 6.55. The lowest BCUT2D eigenvalue weighted by Gasteiger charge is -2.18. The first-order chi connectivity index (χ1) is 12.4. The van der Waals surface area contributed by atoms with E-state index >= 15 is 0 Å². The fourth-order valence-electron chi connectivity index (χ4n) is 2.37. The number of methoxy groups -OCH3 is 1. The van der Waals surface area contributed by atoms with E-state index in [0.29, 0.717) is 6.54 Å². The number of hydrogen-bond acceptors (Lipinski definition) is 5. The zero-order chi connectivity index (χ0) is 19.1. The molecule has 1 heterocycles. The molecule has 0 bridgehead atoms. The van der Waals surface area contributed by atoms with Crippen molar-refractivity contribution < 1.29 is 14.3 Å². The van der Waals surface area contributed by atoms with Crippen LogP contribution >= 0.6 is 15.9 Å². The lowest BCUT2D eigenvalue weighted by atomic mass is 10.0. The van der Waals surface area contributed by atoms with Crippen molar-refractivity contribution in [2.45, 2.75) is 32.4 Å². The van der Waals surface area contributed by atoms with Gasteiger partial charge in [0.15, 0.2) is 0 Å². The molecule has 2 aromatic rings. The number of rotatable bonds is 7. The van der Waals surface area contributed by atoms with Gasteiger partial charge >= 0.3 is 5.97 Å². The second kappa shape index (κ2) is 9.28. The van der Waals surface area contributed by atoms with Crippen molar-refractivity contribution in [3.8, 4) is 0 Å². The number of nitrogens with one attached hydrogen (secondary N) is 1. The number of ether oxygens (including phenoxy) is 1. The molecule has 1 aromatic heterocycles. The van der Waals surface area contributed by atoms with Crippen LogP contribution in [-0.4, -0.2) is 28.8 Å². The summed E-state index contributed by atoms with van der Waals surface area (Å²) in [4.78, 5) is 36.1. The molecule has 1 unspecified atom stereocenters. The van der Waals surface area contributed by atoms with Gasteiger partial charge in [0.05, 0.1) is 19.6 Å². The van der Waals surface area contributed by atoms with Gasteiger partial charge in [-0.15, -0.1) is 0 Å². The average molecular weight is 422 g/mol. The largest absolute Gasteiger partial charge is 0.469 e. The molecule has 0 saturated carbocycles. The molecule has 8 heteroatoms. The third-order valence-electron chi connectivity index (χ3n) is 3.71. The summed E-state index contributed by atoms with van der Waals surface area (Å²) in [5, 5.41) is 6.88. The third kappa shape index (κ3) is 5.26.